The highest BCUT2D eigenvalue weighted by Gasteiger charge is 2.14. The number of benzene rings is 2. The summed E-state index contributed by atoms with van der Waals surface area (Å²) in [6.45, 7) is 2.58. The molecule has 0 bridgehead atoms. The van der Waals surface area contributed by atoms with Crippen molar-refractivity contribution in [3.05, 3.63) is 63.9 Å². The fourth-order valence-electron chi connectivity index (χ4n) is 1.81. The fourth-order valence-corrected chi connectivity index (χ4v) is 3.39. The van der Waals surface area contributed by atoms with Gasteiger partial charge in [-0.15, -0.1) is 0 Å². The molecule has 2 aromatic rings. The molecule has 0 aliphatic rings. The second-order valence-corrected chi connectivity index (χ2v) is 5.80. The SMILES string of the molecule is CCOc1ccc(C(Br)c2cccc(F)c2)c(Br)c1. The zero-order valence-electron chi connectivity index (χ0n) is 10.4. The van der Waals surface area contributed by atoms with Gasteiger partial charge in [0, 0.05) is 4.47 Å². The summed E-state index contributed by atoms with van der Waals surface area (Å²) in [6, 6.07) is 12.4. The van der Waals surface area contributed by atoms with E-state index in [4.69, 9.17) is 4.74 Å². The lowest BCUT2D eigenvalue weighted by atomic mass is 10.0. The Morgan fingerprint density at radius 3 is 2.63 bits per heavy atom. The van der Waals surface area contributed by atoms with Crippen LogP contribution in [0.25, 0.3) is 0 Å². The van der Waals surface area contributed by atoms with E-state index in [1.807, 2.05) is 31.2 Å². The molecule has 0 aromatic heterocycles. The van der Waals surface area contributed by atoms with Crippen LogP contribution in [0.15, 0.2) is 46.9 Å². The van der Waals surface area contributed by atoms with E-state index in [2.05, 4.69) is 31.9 Å². The number of rotatable bonds is 4. The monoisotopic (exact) mass is 386 g/mol. The Labute approximate surface area is 129 Å². The normalized spacial score (nSPS) is 12.2. The van der Waals surface area contributed by atoms with Crippen LogP contribution < -0.4 is 4.74 Å². The third-order valence-electron chi connectivity index (χ3n) is 2.70. The molecular weight excluding hydrogens is 375 g/mol. The van der Waals surface area contributed by atoms with Crippen LogP contribution >= 0.6 is 31.9 Å². The van der Waals surface area contributed by atoms with E-state index in [1.165, 1.54) is 12.1 Å². The highest BCUT2D eigenvalue weighted by Crippen LogP contribution is 2.37. The largest absolute Gasteiger partial charge is 0.494 e. The molecule has 0 fully saturated rings. The van der Waals surface area contributed by atoms with E-state index in [-0.39, 0.29) is 10.6 Å². The van der Waals surface area contributed by atoms with Crippen molar-refractivity contribution < 1.29 is 9.13 Å². The molecule has 1 unspecified atom stereocenters. The average molecular weight is 388 g/mol. The molecule has 0 saturated heterocycles. The lowest BCUT2D eigenvalue weighted by molar-refractivity contribution is 0.340. The van der Waals surface area contributed by atoms with Crippen LogP contribution in [0.5, 0.6) is 5.75 Å². The van der Waals surface area contributed by atoms with Crippen molar-refractivity contribution >= 4 is 31.9 Å². The molecule has 19 heavy (non-hydrogen) atoms. The highest BCUT2D eigenvalue weighted by atomic mass is 79.9. The van der Waals surface area contributed by atoms with Crippen molar-refractivity contribution in [3.8, 4) is 5.75 Å². The van der Waals surface area contributed by atoms with Gasteiger partial charge in [-0.25, -0.2) is 4.39 Å². The van der Waals surface area contributed by atoms with Crippen molar-refractivity contribution in [2.24, 2.45) is 0 Å². The Morgan fingerprint density at radius 2 is 2.00 bits per heavy atom. The first-order chi connectivity index (χ1) is 9.11. The summed E-state index contributed by atoms with van der Waals surface area (Å²) in [5.41, 5.74) is 1.92. The quantitative estimate of drug-likeness (QED) is 0.632. The Bertz CT molecular complexity index is 572. The molecule has 0 N–H and O–H groups in total. The van der Waals surface area contributed by atoms with Gasteiger partial charge in [0.15, 0.2) is 0 Å². The van der Waals surface area contributed by atoms with E-state index in [0.29, 0.717) is 6.61 Å². The lowest BCUT2D eigenvalue weighted by Gasteiger charge is -2.14. The van der Waals surface area contributed by atoms with E-state index >= 15 is 0 Å². The molecule has 0 aliphatic heterocycles. The van der Waals surface area contributed by atoms with Gasteiger partial charge < -0.3 is 4.74 Å². The molecule has 0 aliphatic carbocycles. The summed E-state index contributed by atoms with van der Waals surface area (Å²) in [7, 11) is 0. The predicted molar refractivity (Wildman–Crippen MR) is 82.5 cm³/mol. The third-order valence-corrected chi connectivity index (χ3v) is 4.41. The lowest BCUT2D eigenvalue weighted by Crippen LogP contribution is -1.97. The zero-order chi connectivity index (χ0) is 13.8. The van der Waals surface area contributed by atoms with Crippen LogP contribution in [0.3, 0.4) is 0 Å². The molecule has 2 aromatic carbocycles. The highest BCUT2D eigenvalue weighted by molar-refractivity contribution is 9.11. The molecule has 4 heteroatoms. The van der Waals surface area contributed by atoms with Crippen molar-refractivity contribution in [2.75, 3.05) is 6.61 Å². The van der Waals surface area contributed by atoms with Crippen LogP contribution in [0.2, 0.25) is 0 Å². The maximum Gasteiger partial charge on any atom is 0.123 e. The maximum absolute atomic E-state index is 13.3. The Hall–Kier alpha value is -0.870. The molecule has 100 valence electrons. The molecule has 0 amide bonds. The van der Waals surface area contributed by atoms with Gasteiger partial charge in [-0.1, -0.05) is 50.1 Å². The van der Waals surface area contributed by atoms with Crippen LogP contribution in [0.1, 0.15) is 22.9 Å². The van der Waals surface area contributed by atoms with Gasteiger partial charge in [-0.3, -0.25) is 0 Å². The van der Waals surface area contributed by atoms with Crippen molar-refractivity contribution in [1.82, 2.24) is 0 Å². The molecule has 1 atom stereocenters. The molecule has 2 rings (SSSR count). The van der Waals surface area contributed by atoms with Crippen LogP contribution in [0, 0.1) is 5.82 Å². The number of hydrogen-bond donors (Lipinski definition) is 0. The minimum atomic E-state index is -0.232. The molecule has 0 saturated carbocycles. The Balaban J connectivity index is 2.31. The first-order valence-electron chi connectivity index (χ1n) is 5.93. The first-order valence-corrected chi connectivity index (χ1v) is 7.64. The van der Waals surface area contributed by atoms with Crippen molar-refractivity contribution in [1.29, 1.82) is 0 Å². The van der Waals surface area contributed by atoms with E-state index < -0.39 is 0 Å². The topological polar surface area (TPSA) is 9.23 Å². The Kier molecular flexibility index (Phi) is 4.99. The van der Waals surface area contributed by atoms with E-state index in [9.17, 15) is 4.39 Å². The van der Waals surface area contributed by atoms with Crippen molar-refractivity contribution in [3.63, 3.8) is 0 Å². The zero-order valence-corrected chi connectivity index (χ0v) is 13.5. The average Bonchev–Trinajstić information content (AvgIpc) is 2.38. The minimum Gasteiger partial charge on any atom is -0.494 e. The second-order valence-electron chi connectivity index (χ2n) is 4.03. The minimum absolute atomic E-state index is 0.0618. The molecule has 0 spiro atoms. The summed E-state index contributed by atoms with van der Waals surface area (Å²) in [5.74, 6) is 0.584. The number of hydrogen-bond acceptors (Lipinski definition) is 1. The molecular formula is C15H13Br2FO. The summed E-state index contributed by atoms with van der Waals surface area (Å²) in [6.07, 6.45) is 0. The summed E-state index contributed by atoms with van der Waals surface area (Å²) < 4.78 is 19.6. The third kappa shape index (κ3) is 3.57. The van der Waals surface area contributed by atoms with E-state index in [0.717, 1.165) is 21.3 Å². The standard InChI is InChI=1S/C15H13Br2FO/c1-2-19-12-6-7-13(14(16)9-12)15(17)10-4-3-5-11(18)8-10/h3-9,15H,2H2,1H3. The number of alkyl halides is 1. The van der Waals surface area contributed by atoms with Crippen LogP contribution in [0.4, 0.5) is 4.39 Å². The predicted octanol–water partition coefficient (Wildman–Crippen LogP) is 5.47. The number of halogens is 3. The summed E-state index contributed by atoms with van der Waals surface area (Å²) in [4.78, 5) is -0.0618. The van der Waals surface area contributed by atoms with Gasteiger partial charge in [-0.05, 0) is 42.3 Å². The van der Waals surface area contributed by atoms with Crippen molar-refractivity contribution in [2.45, 2.75) is 11.8 Å². The van der Waals surface area contributed by atoms with Gasteiger partial charge in [0.2, 0.25) is 0 Å². The van der Waals surface area contributed by atoms with Gasteiger partial charge >= 0.3 is 0 Å². The molecule has 0 heterocycles. The van der Waals surface area contributed by atoms with Crippen LogP contribution in [-0.4, -0.2) is 6.61 Å². The summed E-state index contributed by atoms with van der Waals surface area (Å²) in [5, 5.41) is 0. The second kappa shape index (κ2) is 6.53. The van der Waals surface area contributed by atoms with Crippen LogP contribution in [-0.2, 0) is 0 Å². The van der Waals surface area contributed by atoms with Gasteiger partial charge in [0.25, 0.3) is 0 Å². The Morgan fingerprint density at radius 1 is 1.21 bits per heavy atom. The first kappa shape index (κ1) is 14.5. The van der Waals surface area contributed by atoms with Gasteiger partial charge in [0.1, 0.15) is 11.6 Å². The molecule has 1 nitrogen and oxygen atoms in total. The maximum atomic E-state index is 13.3. The van der Waals surface area contributed by atoms with E-state index in [1.54, 1.807) is 6.07 Å². The number of ether oxygens (including phenoxy) is 1. The smallest absolute Gasteiger partial charge is 0.123 e. The molecule has 0 radical (unpaired) electrons. The van der Waals surface area contributed by atoms with Gasteiger partial charge in [-0.2, -0.15) is 0 Å². The summed E-state index contributed by atoms with van der Waals surface area (Å²) >= 11 is 7.13. The fraction of sp³-hybridized carbons (Fsp3) is 0.200. The van der Waals surface area contributed by atoms with Gasteiger partial charge in [0.05, 0.1) is 11.4 Å².